The van der Waals surface area contributed by atoms with Crippen molar-refractivity contribution in [2.45, 2.75) is 26.7 Å². The largest absolute Gasteiger partial charge is 0.466 e. The van der Waals surface area contributed by atoms with Crippen LogP contribution in [0.1, 0.15) is 36.2 Å². The van der Waals surface area contributed by atoms with Crippen molar-refractivity contribution in [3.8, 4) is 0 Å². The van der Waals surface area contributed by atoms with Gasteiger partial charge >= 0.3 is 11.9 Å². The predicted octanol–water partition coefficient (Wildman–Crippen LogP) is 3.98. The van der Waals surface area contributed by atoms with Gasteiger partial charge in [-0.25, -0.2) is 9.18 Å². The number of fused-ring (bicyclic) bond motifs is 3. The van der Waals surface area contributed by atoms with Crippen LogP contribution in [-0.2, 0) is 20.7 Å². The highest BCUT2D eigenvalue weighted by atomic mass is 35.5. The lowest BCUT2D eigenvalue weighted by Crippen LogP contribution is -2.21. The second-order valence-electron chi connectivity index (χ2n) is 5.85. The fraction of sp³-hybridized carbons (Fsp3) is 0.316. The molecule has 9 heteroatoms. The summed E-state index contributed by atoms with van der Waals surface area (Å²) >= 11 is 7.24. The van der Waals surface area contributed by atoms with Crippen LogP contribution in [0.15, 0.2) is 22.4 Å². The van der Waals surface area contributed by atoms with Gasteiger partial charge in [-0.1, -0.05) is 11.6 Å². The maximum absolute atomic E-state index is 14.8. The molecule has 2 aromatic heterocycles. The molecule has 148 valence electrons. The average Bonchev–Trinajstić information content (AvgIpc) is 3.12. The number of carbonyl (C=O) groups is 2. The van der Waals surface area contributed by atoms with Gasteiger partial charge in [-0.05, 0) is 26.3 Å². The minimum absolute atomic E-state index is 0.00477. The summed E-state index contributed by atoms with van der Waals surface area (Å²) in [5.41, 5.74) is -0.472. The van der Waals surface area contributed by atoms with E-state index in [1.165, 1.54) is 17.4 Å². The summed E-state index contributed by atoms with van der Waals surface area (Å²) in [6, 6.07) is 1.34. The van der Waals surface area contributed by atoms with E-state index in [-0.39, 0.29) is 47.6 Å². The molecule has 0 aliphatic heterocycles. The number of ether oxygens (including phenoxy) is 2. The van der Waals surface area contributed by atoms with Gasteiger partial charge in [0.15, 0.2) is 0 Å². The summed E-state index contributed by atoms with van der Waals surface area (Å²) in [6.45, 7) is 3.59. The summed E-state index contributed by atoms with van der Waals surface area (Å²) in [6.07, 6.45) is 1.45. The van der Waals surface area contributed by atoms with Crippen LogP contribution in [0.25, 0.3) is 15.7 Å². The van der Waals surface area contributed by atoms with Crippen molar-refractivity contribution >= 4 is 50.6 Å². The van der Waals surface area contributed by atoms with Crippen molar-refractivity contribution in [1.29, 1.82) is 0 Å². The highest BCUT2D eigenvalue weighted by Crippen LogP contribution is 2.30. The molecule has 6 nitrogen and oxygen atoms in total. The van der Waals surface area contributed by atoms with Gasteiger partial charge in [-0.15, -0.1) is 11.3 Å². The van der Waals surface area contributed by atoms with Crippen LogP contribution in [0.2, 0.25) is 5.02 Å². The summed E-state index contributed by atoms with van der Waals surface area (Å²) < 4.78 is 26.3. The van der Waals surface area contributed by atoms with Gasteiger partial charge in [-0.2, -0.15) is 0 Å². The van der Waals surface area contributed by atoms with Crippen LogP contribution < -0.4 is 5.43 Å². The van der Waals surface area contributed by atoms with E-state index in [0.29, 0.717) is 10.3 Å². The van der Waals surface area contributed by atoms with Crippen molar-refractivity contribution < 1.29 is 23.5 Å². The zero-order chi connectivity index (χ0) is 20.4. The summed E-state index contributed by atoms with van der Waals surface area (Å²) in [7, 11) is 0. The molecule has 0 N–H and O–H groups in total. The molecule has 0 atom stereocenters. The first-order valence-corrected chi connectivity index (χ1v) is 9.91. The van der Waals surface area contributed by atoms with Gasteiger partial charge in [0.05, 0.1) is 29.1 Å². The molecule has 0 spiro atoms. The first-order valence-electron chi connectivity index (χ1n) is 8.65. The van der Waals surface area contributed by atoms with Gasteiger partial charge in [0.1, 0.15) is 16.2 Å². The Bertz CT molecular complexity index is 1140. The Balaban J connectivity index is 2.32. The molecule has 0 aliphatic carbocycles. The highest BCUT2D eigenvalue weighted by molar-refractivity contribution is 7.16. The maximum atomic E-state index is 14.8. The standard InChI is InChI=1S/C19H17ClFNO5S/c1-3-26-13(23)6-5-10-14-12(9-11(20)16(10)21)22-7-8-28-18(22)15(17(14)24)19(25)27-4-2/h7-9H,3-6H2,1-2H3. The Labute approximate surface area is 168 Å². The Morgan fingerprint density at radius 1 is 1.25 bits per heavy atom. The number of aromatic nitrogens is 1. The van der Waals surface area contributed by atoms with Crippen LogP contribution in [-0.4, -0.2) is 29.6 Å². The van der Waals surface area contributed by atoms with E-state index < -0.39 is 23.2 Å². The minimum atomic E-state index is -0.791. The van der Waals surface area contributed by atoms with Crippen molar-refractivity contribution in [1.82, 2.24) is 4.40 Å². The Hall–Kier alpha value is -2.45. The van der Waals surface area contributed by atoms with E-state index >= 15 is 0 Å². The van der Waals surface area contributed by atoms with Crippen LogP contribution in [0.5, 0.6) is 0 Å². The molecule has 28 heavy (non-hydrogen) atoms. The zero-order valence-electron chi connectivity index (χ0n) is 15.2. The number of thiazole rings is 1. The maximum Gasteiger partial charge on any atom is 0.345 e. The molecule has 0 saturated carbocycles. The summed E-state index contributed by atoms with van der Waals surface area (Å²) in [4.78, 5) is 37.7. The first kappa shape index (κ1) is 20.3. The van der Waals surface area contributed by atoms with Crippen molar-refractivity contribution in [2.75, 3.05) is 13.2 Å². The third-order valence-electron chi connectivity index (χ3n) is 4.20. The van der Waals surface area contributed by atoms with Crippen molar-refractivity contribution in [2.24, 2.45) is 0 Å². The normalized spacial score (nSPS) is 11.1. The van der Waals surface area contributed by atoms with Crippen LogP contribution in [0.4, 0.5) is 4.39 Å². The highest BCUT2D eigenvalue weighted by Gasteiger charge is 2.25. The first-order chi connectivity index (χ1) is 13.4. The van der Waals surface area contributed by atoms with Gasteiger partial charge in [0, 0.05) is 23.6 Å². The molecule has 3 aromatic rings. The number of pyridine rings is 1. The van der Waals surface area contributed by atoms with E-state index in [0.717, 1.165) is 0 Å². The lowest BCUT2D eigenvalue weighted by molar-refractivity contribution is -0.143. The van der Waals surface area contributed by atoms with Crippen LogP contribution in [0.3, 0.4) is 0 Å². The van der Waals surface area contributed by atoms with E-state index in [2.05, 4.69) is 0 Å². The second-order valence-corrected chi connectivity index (χ2v) is 7.15. The number of esters is 2. The molecule has 0 bridgehead atoms. The second kappa shape index (κ2) is 8.28. The lowest BCUT2D eigenvalue weighted by atomic mass is 10.0. The SMILES string of the molecule is CCOC(=O)CCc1c(F)c(Cl)cc2c1c(=O)c(C(=O)OCC)c1sccn12. The number of halogens is 2. The van der Waals surface area contributed by atoms with Gasteiger partial charge in [0.25, 0.3) is 0 Å². The van der Waals surface area contributed by atoms with Gasteiger partial charge < -0.3 is 13.9 Å². The van der Waals surface area contributed by atoms with Crippen LogP contribution >= 0.6 is 22.9 Å². The Morgan fingerprint density at radius 3 is 2.64 bits per heavy atom. The molecule has 2 heterocycles. The van der Waals surface area contributed by atoms with E-state index in [1.807, 2.05) is 0 Å². The van der Waals surface area contributed by atoms with E-state index in [4.69, 9.17) is 21.1 Å². The number of nitrogens with zero attached hydrogens (tertiary/aromatic N) is 1. The van der Waals surface area contributed by atoms with E-state index in [9.17, 15) is 18.8 Å². The lowest BCUT2D eigenvalue weighted by Gasteiger charge is -2.13. The zero-order valence-corrected chi connectivity index (χ0v) is 16.8. The van der Waals surface area contributed by atoms with Crippen molar-refractivity contribution in [3.05, 3.63) is 49.8 Å². The number of hydrogen-bond donors (Lipinski definition) is 0. The number of rotatable bonds is 6. The number of carbonyl (C=O) groups excluding carboxylic acids is 2. The van der Waals surface area contributed by atoms with Gasteiger partial charge in [0.2, 0.25) is 5.43 Å². The van der Waals surface area contributed by atoms with Crippen LogP contribution in [0, 0.1) is 5.82 Å². The molecule has 3 rings (SSSR count). The molecule has 1 aromatic carbocycles. The average molecular weight is 426 g/mol. The summed E-state index contributed by atoms with van der Waals surface area (Å²) in [5.74, 6) is -2.08. The molecular formula is C19H17ClFNO5S. The Morgan fingerprint density at radius 2 is 1.96 bits per heavy atom. The monoisotopic (exact) mass is 425 g/mol. The number of hydrogen-bond acceptors (Lipinski definition) is 6. The van der Waals surface area contributed by atoms with Gasteiger partial charge in [-0.3, -0.25) is 9.59 Å². The summed E-state index contributed by atoms with van der Waals surface area (Å²) in [5, 5.41) is 1.53. The quantitative estimate of drug-likeness (QED) is 0.558. The molecule has 0 radical (unpaired) electrons. The predicted molar refractivity (Wildman–Crippen MR) is 105 cm³/mol. The third kappa shape index (κ3) is 3.49. The fourth-order valence-electron chi connectivity index (χ4n) is 3.06. The molecule has 0 aliphatic rings. The minimum Gasteiger partial charge on any atom is -0.466 e. The molecule has 0 amide bonds. The smallest absolute Gasteiger partial charge is 0.345 e. The fourth-order valence-corrected chi connectivity index (χ4v) is 4.15. The van der Waals surface area contributed by atoms with Crippen molar-refractivity contribution in [3.63, 3.8) is 0 Å². The third-order valence-corrected chi connectivity index (χ3v) is 5.35. The topological polar surface area (TPSA) is 74.1 Å². The van der Waals surface area contributed by atoms with E-state index in [1.54, 1.807) is 29.8 Å². The molecular weight excluding hydrogens is 409 g/mol. The number of aryl methyl sites for hydroxylation is 1. The molecule has 0 unspecified atom stereocenters. The molecule has 0 saturated heterocycles. The molecule has 0 fully saturated rings. The Kier molecular flexibility index (Phi) is 6.00. The number of benzene rings is 1.